The first-order valence-electron chi connectivity index (χ1n) is 10.6. The van der Waals surface area contributed by atoms with Crippen LogP contribution in [0.5, 0.6) is 0 Å². The van der Waals surface area contributed by atoms with E-state index in [-0.39, 0.29) is 12.4 Å². The number of rotatable bonds is 5. The van der Waals surface area contributed by atoms with Crippen molar-refractivity contribution >= 4 is 22.7 Å². The first-order chi connectivity index (χ1) is 15.5. The van der Waals surface area contributed by atoms with Crippen molar-refractivity contribution in [2.45, 2.75) is 26.2 Å². The van der Waals surface area contributed by atoms with Crippen molar-refractivity contribution in [1.82, 2.24) is 4.98 Å². The highest BCUT2D eigenvalue weighted by Gasteiger charge is 2.41. The zero-order valence-electron chi connectivity index (χ0n) is 18.1. The maximum Gasteiger partial charge on any atom is 0.317 e. The number of pyridine rings is 1. The van der Waals surface area contributed by atoms with Gasteiger partial charge in [0.05, 0.1) is 29.5 Å². The van der Waals surface area contributed by atoms with Crippen molar-refractivity contribution in [3.63, 3.8) is 0 Å². The molecule has 2 N–H and O–H groups in total. The van der Waals surface area contributed by atoms with Crippen LogP contribution in [0.15, 0.2) is 77.1 Å². The van der Waals surface area contributed by atoms with E-state index < -0.39 is 17.8 Å². The van der Waals surface area contributed by atoms with Gasteiger partial charge in [-0.15, -0.1) is 0 Å². The number of ether oxygens (including phenoxy) is 1. The lowest BCUT2D eigenvalue weighted by molar-refractivity contribution is -0.146. The Hall–Kier alpha value is -3.98. The summed E-state index contributed by atoms with van der Waals surface area (Å²) in [6.45, 7) is 3.95. The molecule has 160 valence electrons. The number of nitrogens with zero attached hydrogens (tertiary/aromatic N) is 3. The lowest BCUT2D eigenvalue weighted by Gasteiger charge is -2.30. The number of hydrogen-bond donors (Lipinski definition) is 1. The summed E-state index contributed by atoms with van der Waals surface area (Å²) in [4.78, 5) is 22.0. The average molecular weight is 425 g/mol. The second kappa shape index (κ2) is 9.03. The van der Waals surface area contributed by atoms with Gasteiger partial charge < -0.3 is 10.5 Å². The molecule has 0 spiro atoms. The minimum atomic E-state index is -0.870. The first kappa shape index (κ1) is 21.3. The number of carbonyl (C=O) groups is 1. The minimum Gasteiger partial charge on any atom is -0.465 e. The second-order valence-corrected chi connectivity index (χ2v) is 7.77. The summed E-state index contributed by atoms with van der Waals surface area (Å²) in [5, 5.41) is 10.8. The van der Waals surface area contributed by atoms with Crippen molar-refractivity contribution in [3.05, 3.63) is 77.6 Å². The Bertz CT molecular complexity index is 1270. The predicted octanol–water partition coefficient (Wildman–Crippen LogP) is 4.72. The van der Waals surface area contributed by atoms with Crippen LogP contribution >= 0.6 is 0 Å². The second-order valence-electron chi connectivity index (χ2n) is 7.77. The zero-order chi connectivity index (χ0) is 22.7. The maximum absolute atomic E-state index is 13.0. The Morgan fingerprint density at radius 2 is 1.94 bits per heavy atom. The minimum absolute atomic E-state index is 0.164. The molecule has 2 heterocycles. The van der Waals surface area contributed by atoms with Gasteiger partial charge in [0.15, 0.2) is 0 Å². The van der Waals surface area contributed by atoms with Crippen LogP contribution in [0.1, 0.15) is 31.7 Å². The molecule has 0 saturated heterocycles. The SMILES string of the molecule is CCCOC(=O)C1C(N)=NC(C)=C(C#N)C1c1cccc2ncc(-c3ccccc3)cc12. The molecule has 1 aromatic heterocycles. The number of esters is 1. The van der Waals surface area contributed by atoms with Crippen LogP contribution < -0.4 is 5.73 Å². The lowest BCUT2D eigenvalue weighted by Crippen LogP contribution is -2.39. The summed E-state index contributed by atoms with van der Waals surface area (Å²) in [7, 11) is 0. The molecule has 0 amide bonds. The highest BCUT2D eigenvalue weighted by Crippen LogP contribution is 2.41. The number of hydrogen-bond acceptors (Lipinski definition) is 6. The summed E-state index contributed by atoms with van der Waals surface area (Å²) in [6.07, 6.45) is 2.52. The van der Waals surface area contributed by atoms with Crippen molar-refractivity contribution in [3.8, 4) is 17.2 Å². The van der Waals surface area contributed by atoms with E-state index in [1.807, 2.05) is 67.7 Å². The van der Waals surface area contributed by atoms with Gasteiger partial charge in [-0.2, -0.15) is 5.26 Å². The number of benzene rings is 2. The third-order valence-corrected chi connectivity index (χ3v) is 5.67. The molecule has 0 radical (unpaired) electrons. The van der Waals surface area contributed by atoms with Crippen molar-refractivity contribution in [2.24, 2.45) is 16.6 Å². The summed E-state index contributed by atoms with van der Waals surface area (Å²) >= 11 is 0. The number of aliphatic imine (C=N–C) groups is 1. The fraction of sp³-hybridized carbons (Fsp3) is 0.231. The molecule has 6 nitrogen and oxygen atoms in total. The standard InChI is InChI=1S/C26H24N4O2/c1-3-12-32-26(31)24-23(21(14-27)16(2)30-25(24)28)19-10-7-11-22-20(19)13-18(15-29-22)17-8-5-4-6-9-17/h4-11,13,15,23-24H,3,12H2,1-2H3,(H2,28,30). The fourth-order valence-electron chi connectivity index (χ4n) is 4.15. The largest absolute Gasteiger partial charge is 0.465 e. The van der Waals surface area contributed by atoms with Crippen LogP contribution in [0.2, 0.25) is 0 Å². The number of nitriles is 1. The smallest absolute Gasteiger partial charge is 0.317 e. The average Bonchev–Trinajstić information content (AvgIpc) is 2.82. The fourth-order valence-corrected chi connectivity index (χ4v) is 4.15. The Morgan fingerprint density at radius 1 is 1.16 bits per heavy atom. The summed E-state index contributed by atoms with van der Waals surface area (Å²) < 4.78 is 5.44. The first-order valence-corrected chi connectivity index (χ1v) is 10.6. The molecule has 2 aromatic carbocycles. The van der Waals surface area contributed by atoms with Crippen molar-refractivity contribution in [2.75, 3.05) is 6.61 Å². The molecule has 2 atom stereocenters. The number of allylic oxidation sites excluding steroid dienone is 2. The van der Waals surface area contributed by atoms with Gasteiger partial charge in [0.1, 0.15) is 11.8 Å². The molecule has 0 aliphatic carbocycles. The molecule has 2 unspecified atom stereocenters. The predicted molar refractivity (Wildman–Crippen MR) is 125 cm³/mol. The highest BCUT2D eigenvalue weighted by atomic mass is 16.5. The van der Waals surface area contributed by atoms with Gasteiger partial charge in [0, 0.05) is 23.1 Å². The molecule has 3 aromatic rings. The Labute approximate surface area is 187 Å². The number of nitrogens with two attached hydrogens (primary N) is 1. The Kier molecular flexibility index (Phi) is 6.00. The van der Waals surface area contributed by atoms with E-state index in [9.17, 15) is 10.1 Å². The lowest BCUT2D eigenvalue weighted by atomic mass is 9.76. The van der Waals surface area contributed by atoms with Crippen LogP contribution in [0.4, 0.5) is 0 Å². The third kappa shape index (κ3) is 3.85. The Morgan fingerprint density at radius 3 is 2.66 bits per heavy atom. The van der Waals surface area contributed by atoms with Gasteiger partial charge in [-0.3, -0.25) is 9.78 Å². The third-order valence-electron chi connectivity index (χ3n) is 5.67. The van der Waals surface area contributed by atoms with E-state index >= 15 is 0 Å². The molecule has 1 aliphatic rings. The molecular formula is C26H24N4O2. The van der Waals surface area contributed by atoms with Crippen molar-refractivity contribution < 1.29 is 9.53 Å². The van der Waals surface area contributed by atoms with E-state index in [0.29, 0.717) is 17.7 Å². The van der Waals surface area contributed by atoms with E-state index in [1.165, 1.54) is 0 Å². The quantitative estimate of drug-likeness (QED) is 0.597. The van der Waals surface area contributed by atoms with Gasteiger partial charge in [0.2, 0.25) is 0 Å². The maximum atomic E-state index is 13.0. The van der Waals surface area contributed by atoms with Gasteiger partial charge in [-0.05, 0) is 36.6 Å². The number of carbonyl (C=O) groups excluding carboxylic acids is 1. The number of amidine groups is 1. The van der Waals surface area contributed by atoms with Crippen LogP contribution in [-0.2, 0) is 9.53 Å². The molecule has 0 saturated carbocycles. The van der Waals surface area contributed by atoms with Crippen LogP contribution in [-0.4, -0.2) is 23.4 Å². The summed E-state index contributed by atoms with van der Waals surface area (Å²) in [5.74, 6) is -1.77. The summed E-state index contributed by atoms with van der Waals surface area (Å²) in [5.41, 5.74) is 10.7. The van der Waals surface area contributed by atoms with Crippen molar-refractivity contribution in [1.29, 1.82) is 5.26 Å². The van der Waals surface area contributed by atoms with E-state index in [4.69, 9.17) is 10.5 Å². The summed E-state index contributed by atoms with van der Waals surface area (Å²) in [6, 6.07) is 20.0. The van der Waals surface area contributed by atoms with Crippen LogP contribution in [0.3, 0.4) is 0 Å². The molecule has 0 bridgehead atoms. The van der Waals surface area contributed by atoms with Crippen LogP contribution in [0, 0.1) is 17.2 Å². The number of fused-ring (bicyclic) bond motifs is 1. The van der Waals surface area contributed by atoms with Gasteiger partial charge >= 0.3 is 5.97 Å². The van der Waals surface area contributed by atoms with Gasteiger partial charge in [0.25, 0.3) is 0 Å². The molecular weight excluding hydrogens is 400 g/mol. The molecule has 32 heavy (non-hydrogen) atoms. The molecule has 6 heteroatoms. The Balaban J connectivity index is 1.92. The van der Waals surface area contributed by atoms with E-state index in [2.05, 4.69) is 16.0 Å². The molecule has 1 aliphatic heterocycles. The zero-order valence-corrected chi connectivity index (χ0v) is 18.1. The van der Waals surface area contributed by atoms with Gasteiger partial charge in [-0.25, -0.2) is 4.99 Å². The molecule has 4 rings (SSSR count). The van der Waals surface area contributed by atoms with Crippen LogP contribution in [0.25, 0.3) is 22.0 Å². The topological polar surface area (TPSA) is 101 Å². The van der Waals surface area contributed by atoms with E-state index in [1.54, 1.807) is 6.92 Å². The normalized spacial score (nSPS) is 18.2. The van der Waals surface area contributed by atoms with E-state index in [0.717, 1.165) is 27.6 Å². The number of aromatic nitrogens is 1. The highest BCUT2D eigenvalue weighted by molar-refractivity contribution is 6.04. The molecule has 0 fully saturated rings. The monoisotopic (exact) mass is 424 g/mol. The van der Waals surface area contributed by atoms with Gasteiger partial charge in [-0.1, -0.05) is 49.4 Å².